The summed E-state index contributed by atoms with van der Waals surface area (Å²) in [6, 6.07) is 14.1. The van der Waals surface area contributed by atoms with E-state index in [4.69, 9.17) is 32.4 Å². The molecule has 0 spiro atoms. The summed E-state index contributed by atoms with van der Waals surface area (Å²) in [5.41, 5.74) is 2.00. The zero-order chi connectivity index (χ0) is 21.3. The van der Waals surface area contributed by atoms with E-state index in [9.17, 15) is 9.90 Å². The van der Waals surface area contributed by atoms with Crippen molar-refractivity contribution in [2.45, 2.75) is 12.5 Å². The maximum Gasteiger partial charge on any atom is 0.176 e. The van der Waals surface area contributed by atoms with Crippen LogP contribution in [-0.2, 0) is 6.42 Å². The number of hydrogen-bond acceptors (Lipinski definition) is 5. The summed E-state index contributed by atoms with van der Waals surface area (Å²) in [7, 11) is 1.52. The number of carbonyl (C=O) groups is 1. The van der Waals surface area contributed by atoms with Gasteiger partial charge >= 0.3 is 0 Å². The van der Waals surface area contributed by atoms with Gasteiger partial charge in [0, 0.05) is 35.3 Å². The first-order chi connectivity index (χ1) is 14.5. The third-order valence-electron chi connectivity index (χ3n) is 4.86. The molecule has 1 atom stereocenters. The summed E-state index contributed by atoms with van der Waals surface area (Å²) in [5.74, 6) is 0.585. The number of methoxy groups -OCH3 is 1. The number of carbonyl (C=O) groups excluding carboxylic acids is 1. The molecule has 0 radical (unpaired) electrons. The van der Waals surface area contributed by atoms with Crippen molar-refractivity contribution in [1.29, 1.82) is 0 Å². The Balaban J connectivity index is 1.77. The third kappa shape index (κ3) is 3.79. The fourth-order valence-electron chi connectivity index (χ4n) is 3.32. The number of ketones is 1. The molecule has 0 aliphatic heterocycles. The van der Waals surface area contributed by atoms with Crippen molar-refractivity contribution in [3.05, 3.63) is 93.4 Å². The van der Waals surface area contributed by atoms with Crippen molar-refractivity contribution in [3.63, 3.8) is 0 Å². The van der Waals surface area contributed by atoms with E-state index in [1.807, 2.05) is 18.2 Å². The van der Waals surface area contributed by atoms with Gasteiger partial charge in [0.15, 0.2) is 17.1 Å². The van der Waals surface area contributed by atoms with Crippen LogP contribution < -0.4 is 4.74 Å². The van der Waals surface area contributed by atoms with Crippen molar-refractivity contribution in [2.75, 3.05) is 7.11 Å². The summed E-state index contributed by atoms with van der Waals surface area (Å²) in [6.07, 6.45) is 1.93. The normalized spacial score (nSPS) is 12.1. The Labute approximate surface area is 182 Å². The van der Waals surface area contributed by atoms with Gasteiger partial charge in [-0.1, -0.05) is 53.5 Å². The van der Waals surface area contributed by atoms with Gasteiger partial charge in [-0.3, -0.25) is 9.78 Å². The first-order valence-corrected chi connectivity index (χ1v) is 9.89. The highest BCUT2D eigenvalue weighted by molar-refractivity contribution is 6.36. The van der Waals surface area contributed by atoms with Gasteiger partial charge in [-0.2, -0.15) is 0 Å². The molecule has 4 rings (SSSR count). The van der Waals surface area contributed by atoms with Gasteiger partial charge in [-0.25, -0.2) is 0 Å². The topological polar surface area (TPSA) is 72.6 Å². The maximum absolute atomic E-state index is 13.1. The van der Waals surface area contributed by atoms with E-state index < -0.39 is 6.10 Å². The SMILES string of the molecule is COc1ccc(C(=O)Cc2c(Cl)cncc2Cl)c2cc(C(O)c3ccccc3)oc12. The summed E-state index contributed by atoms with van der Waals surface area (Å²) >= 11 is 12.3. The van der Waals surface area contributed by atoms with Crippen LogP contribution in [0.15, 0.2) is 65.3 Å². The molecule has 2 aromatic heterocycles. The second-order valence-electron chi connectivity index (χ2n) is 6.70. The summed E-state index contributed by atoms with van der Waals surface area (Å²) in [6.45, 7) is 0. The van der Waals surface area contributed by atoms with Crippen molar-refractivity contribution in [1.82, 2.24) is 4.98 Å². The van der Waals surface area contributed by atoms with Gasteiger partial charge in [0.05, 0.1) is 17.2 Å². The molecule has 0 amide bonds. The van der Waals surface area contributed by atoms with E-state index in [0.29, 0.717) is 49.2 Å². The first-order valence-electron chi connectivity index (χ1n) is 9.14. The quantitative estimate of drug-likeness (QED) is 0.391. The molecule has 0 fully saturated rings. The maximum atomic E-state index is 13.1. The molecule has 2 aromatic carbocycles. The lowest BCUT2D eigenvalue weighted by Crippen LogP contribution is -2.05. The minimum absolute atomic E-state index is 0.00334. The molecule has 7 heteroatoms. The minimum Gasteiger partial charge on any atom is -0.493 e. The Morgan fingerprint density at radius 2 is 1.83 bits per heavy atom. The minimum atomic E-state index is -0.977. The number of aromatic nitrogens is 1. The van der Waals surface area contributed by atoms with Gasteiger partial charge in [0.2, 0.25) is 0 Å². The van der Waals surface area contributed by atoms with E-state index >= 15 is 0 Å². The van der Waals surface area contributed by atoms with Crippen LogP contribution in [0.1, 0.15) is 33.3 Å². The van der Waals surface area contributed by atoms with Gasteiger partial charge in [-0.15, -0.1) is 0 Å². The van der Waals surface area contributed by atoms with Crippen molar-refractivity contribution in [3.8, 4) is 5.75 Å². The van der Waals surface area contributed by atoms with Crippen LogP contribution in [0.5, 0.6) is 5.75 Å². The van der Waals surface area contributed by atoms with Crippen LogP contribution in [0.2, 0.25) is 10.0 Å². The predicted molar refractivity (Wildman–Crippen MR) is 116 cm³/mol. The Kier molecular flexibility index (Phi) is 5.77. The number of ether oxygens (including phenoxy) is 1. The molecule has 1 N–H and O–H groups in total. The highest BCUT2D eigenvalue weighted by Crippen LogP contribution is 2.36. The highest BCUT2D eigenvalue weighted by atomic mass is 35.5. The van der Waals surface area contributed by atoms with E-state index in [1.54, 1.807) is 30.3 Å². The molecule has 30 heavy (non-hydrogen) atoms. The molecule has 152 valence electrons. The Morgan fingerprint density at radius 3 is 2.50 bits per heavy atom. The summed E-state index contributed by atoms with van der Waals surface area (Å²) in [4.78, 5) is 17.0. The number of benzene rings is 2. The van der Waals surface area contributed by atoms with Crippen LogP contribution in [0, 0.1) is 0 Å². The van der Waals surface area contributed by atoms with Gasteiger partial charge in [0.25, 0.3) is 0 Å². The van der Waals surface area contributed by atoms with Crippen LogP contribution in [0.4, 0.5) is 0 Å². The Hall–Kier alpha value is -2.86. The van der Waals surface area contributed by atoms with E-state index in [-0.39, 0.29) is 12.2 Å². The standard InChI is InChI=1S/C23H17Cl2NO4/c1-29-20-8-7-14(19(27)9-16-17(24)11-26-12-18(16)25)15-10-21(30-23(15)20)22(28)13-5-3-2-4-6-13/h2-8,10-12,22,28H,9H2,1H3. The average Bonchev–Trinajstić information content (AvgIpc) is 3.21. The van der Waals surface area contributed by atoms with Crippen molar-refractivity contribution in [2.24, 2.45) is 0 Å². The van der Waals surface area contributed by atoms with Crippen LogP contribution >= 0.6 is 23.2 Å². The van der Waals surface area contributed by atoms with Crippen LogP contribution in [0.3, 0.4) is 0 Å². The second-order valence-corrected chi connectivity index (χ2v) is 7.52. The lowest BCUT2D eigenvalue weighted by Gasteiger charge is -2.08. The smallest absolute Gasteiger partial charge is 0.176 e. The molecular formula is C23H17Cl2NO4. The zero-order valence-corrected chi connectivity index (χ0v) is 17.4. The lowest BCUT2D eigenvalue weighted by atomic mass is 9.99. The molecule has 0 aliphatic rings. The number of aliphatic hydroxyl groups is 1. The van der Waals surface area contributed by atoms with Crippen molar-refractivity contribution < 1.29 is 19.1 Å². The number of hydrogen-bond donors (Lipinski definition) is 1. The number of aliphatic hydroxyl groups excluding tert-OH is 1. The second kappa shape index (κ2) is 8.48. The number of halogens is 2. The molecule has 0 saturated heterocycles. The van der Waals surface area contributed by atoms with Gasteiger partial charge in [0.1, 0.15) is 11.9 Å². The molecule has 2 heterocycles. The van der Waals surface area contributed by atoms with Gasteiger partial charge < -0.3 is 14.3 Å². The fourth-order valence-corrected chi connectivity index (χ4v) is 3.82. The molecule has 5 nitrogen and oxygen atoms in total. The number of Topliss-reactive ketones (excluding diaryl/α,β-unsaturated/α-hetero) is 1. The summed E-state index contributed by atoms with van der Waals surface area (Å²) in [5, 5.41) is 11.9. The van der Waals surface area contributed by atoms with Crippen LogP contribution in [-0.4, -0.2) is 23.0 Å². The largest absolute Gasteiger partial charge is 0.493 e. The van der Waals surface area contributed by atoms with E-state index in [2.05, 4.69) is 4.98 Å². The molecular weight excluding hydrogens is 425 g/mol. The van der Waals surface area contributed by atoms with E-state index in [1.165, 1.54) is 19.5 Å². The molecule has 1 unspecified atom stereocenters. The number of nitrogens with zero attached hydrogens (tertiary/aromatic N) is 1. The molecule has 0 aliphatic carbocycles. The monoisotopic (exact) mass is 441 g/mol. The molecule has 0 bridgehead atoms. The highest BCUT2D eigenvalue weighted by Gasteiger charge is 2.22. The fraction of sp³-hybridized carbons (Fsp3) is 0.130. The average molecular weight is 442 g/mol. The summed E-state index contributed by atoms with van der Waals surface area (Å²) < 4.78 is 11.3. The number of furan rings is 1. The number of rotatable bonds is 6. The molecule has 0 saturated carbocycles. The van der Waals surface area contributed by atoms with Gasteiger partial charge in [-0.05, 0) is 23.8 Å². The Morgan fingerprint density at radius 1 is 1.13 bits per heavy atom. The zero-order valence-electron chi connectivity index (χ0n) is 15.9. The number of pyridine rings is 1. The predicted octanol–water partition coefficient (Wildman–Crippen LogP) is 5.65. The third-order valence-corrected chi connectivity index (χ3v) is 5.51. The van der Waals surface area contributed by atoms with Crippen molar-refractivity contribution >= 4 is 40.0 Å². The van der Waals surface area contributed by atoms with E-state index in [0.717, 1.165) is 0 Å². The number of fused-ring (bicyclic) bond motifs is 1. The lowest BCUT2D eigenvalue weighted by molar-refractivity contribution is 0.0994. The molecule has 4 aromatic rings. The Bertz CT molecular complexity index is 1200. The first kappa shape index (κ1) is 20.4. The van der Waals surface area contributed by atoms with Crippen LogP contribution in [0.25, 0.3) is 11.0 Å².